The second-order valence-corrected chi connectivity index (χ2v) is 1.90. The van der Waals surface area contributed by atoms with E-state index < -0.39 is 0 Å². The summed E-state index contributed by atoms with van der Waals surface area (Å²) >= 11 is 0. The zero-order valence-corrected chi connectivity index (χ0v) is 5.15. The maximum absolute atomic E-state index is 3.85. The Bertz CT molecular complexity index is 280. The van der Waals surface area contributed by atoms with E-state index in [-0.39, 0.29) is 0 Å². The molecule has 0 saturated heterocycles. The Balaban J connectivity index is 2.89. The van der Waals surface area contributed by atoms with Crippen LogP contribution >= 0.6 is 0 Å². The predicted octanol–water partition coefficient (Wildman–Crippen LogP) is 0.825. The van der Waals surface area contributed by atoms with E-state index in [4.69, 9.17) is 0 Å². The van der Waals surface area contributed by atoms with Gasteiger partial charge in [0.2, 0.25) is 0 Å². The van der Waals surface area contributed by atoms with Gasteiger partial charge in [0, 0.05) is 5.39 Å². The average molecular weight is 130 g/mol. The summed E-state index contributed by atoms with van der Waals surface area (Å²) in [5.74, 6) is 0. The van der Waals surface area contributed by atoms with Crippen molar-refractivity contribution in [1.29, 1.82) is 0 Å². The molecule has 0 aromatic carbocycles. The second-order valence-electron chi connectivity index (χ2n) is 1.90. The van der Waals surface area contributed by atoms with Crippen LogP contribution in [0.4, 0.5) is 0 Å². The Morgan fingerprint density at radius 1 is 1.40 bits per heavy atom. The zero-order valence-electron chi connectivity index (χ0n) is 5.15. The lowest BCUT2D eigenvalue weighted by Gasteiger charge is -1.89. The van der Waals surface area contributed by atoms with Crippen LogP contribution in [0.25, 0.3) is 10.9 Å². The van der Waals surface area contributed by atoms with Crippen molar-refractivity contribution in [3.8, 4) is 0 Å². The number of pyridine rings is 1. The molecule has 0 atom stereocenters. The van der Waals surface area contributed by atoms with Gasteiger partial charge in [-0.25, -0.2) is 0 Å². The third-order valence-corrected chi connectivity index (χ3v) is 1.26. The van der Waals surface area contributed by atoms with Crippen LogP contribution < -0.4 is 0 Å². The van der Waals surface area contributed by atoms with E-state index in [9.17, 15) is 0 Å². The van der Waals surface area contributed by atoms with Gasteiger partial charge in [0.25, 0.3) is 0 Å². The van der Waals surface area contributed by atoms with E-state index in [1.807, 2.05) is 6.07 Å². The molecule has 2 heterocycles. The Morgan fingerprint density at radius 2 is 2.40 bits per heavy atom. The molecule has 2 aromatic rings. The van der Waals surface area contributed by atoms with Crippen molar-refractivity contribution in [2.45, 2.75) is 0 Å². The van der Waals surface area contributed by atoms with Crippen molar-refractivity contribution in [2.75, 3.05) is 0 Å². The molecule has 10 heavy (non-hydrogen) atoms. The predicted molar refractivity (Wildman–Crippen MR) is 36.2 cm³/mol. The average Bonchev–Trinajstić information content (AvgIpc) is 2.05. The molecule has 3 nitrogen and oxygen atoms in total. The van der Waals surface area contributed by atoms with Crippen LogP contribution in [-0.4, -0.2) is 15.2 Å². The lowest BCUT2D eigenvalue weighted by Crippen LogP contribution is -1.81. The normalized spacial score (nSPS) is 10.0. The van der Waals surface area contributed by atoms with Crippen LogP contribution in [0.15, 0.2) is 24.5 Å². The highest BCUT2D eigenvalue weighted by molar-refractivity contribution is 5.75. The molecule has 0 spiro atoms. The molecule has 0 saturated carbocycles. The third-order valence-electron chi connectivity index (χ3n) is 1.26. The molecule has 1 radical (unpaired) electrons. The topological polar surface area (TPSA) is 38.7 Å². The first-order valence-corrected chi connectivity index (χ1v) is 2.90. The lowest BCUT2D eigenvalue weighted by atomic mass is 10.3. The van der Waals surface area contributed by atoms with Gasteiger partial charge in [-0.05, 0) is 12.1 Å². The molecular formula is C7H4N3. The fraction of sp³-hybridized carbons (Fsp3) is 0. The van der Waals surface area contributed by atoms with Crippen LogP contribution in [0, 0.1) is 6.20 Å². The highest BCUT2D eigenvalue weighted by Gasteiger charge is 1.89. The fourth-order valence-electron chi connectivity index (χ4n) is 0.780. The number of hydrogen-bond donors (Lipinski definition) is 0. The molecule has 0 fully saturated rings. The van der Waals surface area contributed by atoms with E-state index in [0.717, 1.165) is 10.9 Å². The molecule has 0 aliphatic rings. The van der Waals surface area contributed by atoms with Crippen molar-refractivity contribution >= 4 is 10.9 Å². The SMILES string of the molecule is [c]1cc2ccnnc2cn1. The first-order chi connectivity index (χ1) is 4.97. The number of nitrogens with zero attached hydrogens (tertiary/aromatic N) is 3. The van der Waals surface area contributed by atoms with Gasteiger partial charge in [-0.3, -0.25) is 4.98 Å². The van der Waals surface area contributed by atoms with E-state index in [2.05, 4.69) is 21.4 Å². The van der Waals surface area contributed by atoms with Gasteiger partial charge in [0.05, 0.1) is 18.6 Å². The minimum atomic E-state index is 0.807. The molecule has 0 aliphatic carbocycles. The zero-order chi connectivity index (χ0) is 6.81. The van der Waals surface area contributed by atoms with Crippen LogP contribution in [0.2, 0.25) is 0 Å². The molecule has 47 valence electrons. The van der Waals surface area contributed by atoms with Crippen LogP contribution in [0.3, 0.4) is 0 Å². The van der Waals surface area contributed by atoms with Gasteiger partial charge in [-0.15, -0.1) is 5.10 Å². The molecular weight excluding hydrogens is 126 g/mol. The number of aromatic nitrogens is 3. The van der Waals surface area contributed by atoms with Gasteiger partial charge < -0.3 is 0 Å². The minimum absolute atomic E-state index is 0.807. The standard InChI is InChI=1S/C7H4N3/c1-3-8-5-7-6(1)2-4-9-10-7/h1-2,4-5H. The Labute approximate surface area is 57.7 Å². The summed E-state index contributed by atoms with van der Waals surface area (Å²) in [4.78, 5) is 3.79. The Morgan fingerprint density at radius 3 is 3.30 bits per heavy atom. The number of hydrogen-bond acceptors (Lipinski definition) is 3. The highest BCUT2D eigenvalue weighted by Crippen LogP contribution is 2.04. The van der Waals surface area contributed by atoms with E-state index in [1.165, 1.54) is 0 Å². The smallest absolute Gasteiger partial charge is 0.111 e. The van der Waals surface area contributed by atoms with Crippen LogP contribution in [0.5, 0.6) is 0 Å². The highest BCUT2D eigenvalue weighted by atomic mass is 15.1. The van der Waals surface area contributed by atoms with Gasteiger partial charge in [0.1, 0.15) is 5.52 Å². The molecule has 0 unspecified atom stereocenters. The summed E-state index contributed by atoms with van der Waals surface area (Å²) in [6.07, 6.45) is 6.01. The fourth-order valence-corrected chi connectivity index (χ4v) is 0.780. The molecule has 0 aliphatic heterocycles. The molecule has 0 amide bonds. The van der Waals surface area contributed by atoms with E-state index in [0.29, 0.717) is 0 Å². The first-order valence-electron chi connectivity index (χ1n) is 2.90. The summed E-state index contributed by atoms with van der Waals surface area (Å²) in [7, 11) is 0. The van der Waals surface area contributed by atoms with E-state index >= 15 is 0 Å². The van der Waals surface area contributed by atoms with Gasteiger partial charge in [-0.2, -0.15) is 5.10 Å². The number of fused-ring (bicyclic) bond motifs is 1. The van der Waals surface area contributed by atoms with Gasteiger partial charge >= 0.3 is 0 Å². The number of rotatable bonds is 0. The largest absolute Gasteiger partial charge is 0.252 e. The molecule has 0 bridgehead atoms. The molecule has 2 rings (SSSR count). The summed E-state index contributed by atoms with van der Waals surface area (Å²) in [5, 5.41) is 8.58. The summed E-state index contributed by atoms with van der Waals surface area (Å²) in [6, 6.07) is 3.66. The van der Waals surface area contributed by atoms with Crippen molar-refractivity contribution in [2.24, 2.45) is 0 Å². The van der Waals surface area contributed by atoms with Crippen LogP contribution in [0.1, 0.15) is 0 Å². The monoisotopic (exact) mass is 130 g/mol. The first kappa shape index (κ1) is 5.29. The van der Waals surface area contributed by atoms with Crippen molar-refractivity contribution in [1.82, 2.24) is 15.2 Å². The Kier molecular flexibility index (Phi) is 1.07. The van der Waals surface area contributed by atoms with Crippen LogP contribution in [-0.2, 0) is 0 Å². The quantitative estimate of drug-likeness (QED) is 0.530. The van der Waals surface area contributed by atoms with Gasteiger partial charge in [0.15, 0.2) is 0 Å². The summed E-state index contributed by atoms with van der Waals surface area (Å²) in [6.45, 7) is 0. The summed E-state index contributed by atoms with van der Waals surface area (Å²) < 4.78 is 0. The molecule has 3 heteroatoms. The molecule has 2 aromatic heterocycles. The Hall–Kier alpha value is -1.51. The molecule has 0 N–H and O–H groups in total. The third kappa shape index (κ3) is 0.719. The maximum Gasteiger partial charge on any atom is 0.111 e. The lowest BCUT2D eigenvalue weighted by molar-refractivity contribution is 1.07. The van der Waals surface area contributed by atoms with Crippen molar-refractivity contribution in [3.05, 3.63) is 30.7 Å². The summed E-state index contributed by atoms with van der Waals surface area (Å²) in [5.41, 5.74) is 0.807. The van der Waals surface area contributed by atoms with Gasteiger partial charge in [-0.1, -0.05) is 0 Å². The minimum Gasteiger partial charge on any atom is -0.252 e. The van der Waals surface area contributed by atoms with E-state index in [1.54, 1.807) is 18.5 Å². The second kappa shape index (κ2) is 2.02. The maximum atomic E-state index is 3.85. The van der Waals surface area contributed by atoms with Crippen molar-refractivity contribution in [3.63, 3.8) is 0 Å². The van der Waals surface area contributed by atoms with Crippen molar-refractivity contribution < 1.29 is 0 Å².